The van der Waals surface area contributed by atoms with Gasteiger partial charge in [0.1, 0.15) is 11.6 Å². The molecule has 2 amide bonds. The van der Waals surface area contributed by atoms with E-state index in [0.717, 1.165) is 28.8 Å². The normalized spacial score (nSPS) is 14.1. The monoisotopic (exact) mass is 689 g/mol. The lowest BCUT2D eigenvalue weighted by atomic mass is 9.85. The molecular weight excluding hydrogens is 630 g/mol. The van der Waals surface area contributed by atoms with Crippen LogP contribution < -0.4 is 16.1 Å². The van der Waals surface area contributed by atoms with Crippen molar-refractivity contribution in [3.05, 3.63) is 90.1 Å². The molecule has 0 saturated heterocycles. The molecule has 4 N–H and O–H groups in total. The predicted molar refractivity (Wildman–Crippen MR) is 199 cm³/mol. The van der Waals surface area contributed by atoms with E-state index in [4.69, 9.17) is 9.47 Å². The summed E-state index contributed by atoms with van der Waals surface area (Å²) in [5.74, 6) is -0.401. The number of pyridine rings is 1. The predicted octanol–water partition coefficient (Wildman–Crippen LogP) is 6.29. The summed E-state index contributed by atoms with van der Waals surface area (Å²) in [5, 5.41) is 19.4. The summed E-state index contributed by atoms with van der Waals surface area (Å²) in [6.45, 7) is 16.6. The van der Waals surface area contributed by atoms with Crippen LogP contribution in [-0.2, 0) is 27.2 Å². The van der Waals surface area contributed by atoms with E-state index >= 15 is 0 Å². The van der Waals surface area contributed by atoms with Gasteiger partial charge in [-0.05, 0) is 76.3 Å². The van der Waals surface area contributed by atoms with E-state index in [1.54, 1.807) is 6.20 Å². The maximum atomic E-state index is 14.0. The average Bonchev–Trinajstić information content (AvgIpc) is 3.06. The Labute approximate surface area is 299 Å². The molecule has 10 nitrogen and oxygen atoms in total. The first-order valence-electron chi connectivity index (χ1n) is 17.6. The maximum absolute atomic E-state index is 14.0. The molecule has 3 unspecified atom stereocenters. The Morgan fingerprint density at radius 3 is 2.10 bits per heavy atom. The summed E-state index contributed by atoms with van der Waals surface area (Å²) >= 11 is 0. The molecule has 2 aromatic carbocycles. The molecule has 3 aromatic rings. The zero-order valence-electron chi connectivity index (χ0n) is 31.5. The largest absolute Gasteiger partial charge is 0.443 e. The Morgan fingerprint density at radius 1 is 0.860 bits per heavy atom. The Kier molecular flexibility index (Phi) is 15.0. The van der Waals surface area contributed by atoms with Gasteiger partial charge in [-0.25, -0.2) is 9.80 Å². The Balaban J connectivity index is 1.71. The van der Waals surface area contributed by atoms with E-state index in [1.807, 2.05) is 133 Å². The van der Waals surface area contributed by atoms with E-state index in [-0.39, 0.29) is 12.1 Å². The zero-order chi connectivity index (χ0) is 37.0. The summed E-state index contributed by atoms with van der Waals surface area (Å²) in [7, 11) is 1.81. The van der Waals surface area contributed by atoms with Crippen molar-refractivity contribution in [2.75, 3.05) is 20.2 Å². The number of ether oxygens (including phenoxy) is 2. The first-order valence-corrected chi connectivity index (χ1v) is 17.6. The molecule has 50 heavy (non-hydrogen) atoms. The Hall–Kier alpha value is -3.83. The lowest BCUT2D eigenvalue weighted by Gasteiger charge is -2.35. The number of aromatic nitrogens is 1. The van der Waals surface area contributed by atoms with Gasteiger partial charge in [-0.1, -0.05) is 88.4 Å². The summed E-state index contributed by atoms with van der Waals surface area (Å²) in [5.41, 5.74) is 5.41. The van der Waals surface area contributed by atoms with Crippen molar-refractivity contribution in [2.45, 2.75) is 111 Å². The third-order valence-corrected chi connectivity index (χ3v) is 8.91. The van der Waals surface area contributed by atoms with Gasteiger partial charge in [-0.15, -0.1) is 0 Å². The number of rotatable bonds is 18. The van der Waals surface area contributed by atoms with Crippen molar-refractivity contribution in [1.29, 1.82) is 0 Å². The first kappa shape index (κ1) is 40.6. The van der Waals surface area contributed by atoms with Crippen molar-refractivity contribution in [3.63, 3.8) is 0 Å². The van der Waals surface area contributed by atoms with E-state index in [0.29, 0.717) is 26.0 Å². The second-order valence-electron chi connectivity index (χ2n) is 15.2. The molecule has 0 aliphatic rings. The van der Waals surface area contributed by atoms with Crippen molar-refractivity contribution < 1.29 is 24.2 Å². The van der Waals surface area contributed by atoms with Crippen molar-refractivity contribution in [2.24, 2.45) is 5.41 Å². The molecule has 3 atom stereocenters. The highest BCUT2D eigenvalue weighted by Crippen LogP contribution is 2.23. The number of hydrogen-bond acceptors (Lipinski definition) is 8. The van der Waals surface area contributed by atoms with E-state index in [1.165, 1.54) is 0 Å². The minimum absolute atomic E-state index is 0.233. The number of carbonyl (C=O) groups excluding carboxylic acids is 2. The SMILES string of the molecule is CCC(C)(C)OCCC(C)(C)OC(=O)NC(C(=O)NC(Cc1ccccc1)C(O)CN(Cc1ccc(-c2ccccn2)cc1)NC)C(C)(C)C. The number of hydrazine groups is 1. The topological polar surface area (TPSA) is 125 Å². The molecule has 3 rings (SSSR count). The highest BCUT2D eigenvalue weighted by atomic mass is 16.6. The molecule has 10 heteroatoms. The number of carbonyl (C=O) groups is 2. The summed E-state index contributed by atoms with van der Waals surface area (Å²) in [6, 6.07) is 22.1. The van der Waals surface area contributed by atoms with Gasteiger partial charge in [0.2, 0.25) is 5.91 Å². The standard InChI is InChI=1S/C40H59N5O5/c1-10-39(5,6)49-25-23-40(7,8)50-37(48)44-35(38(2,3)4)36(47)43-33(26-29-16-12-11-13-17-29)34(46)28-45(41-9)27-30-19-21-31(22-20-30)32-18-14-15-24-42-32/h11-22,24,33-35,41,46H,10,23,25-28H2,1-9H3,(H,43,47)(H,44,48). The van der Waals surface area contributed by atoms with Gasteiger partial charge in [0, 0.05) is 31.3 Å². The smallest absolute Gasteiger partial charge is 0.408 e. The fourth-order valence-corrected chi connectivity index (χ4v) is 5.34. The van der Waals surface area contributed by atoms with Crippen LogP contribution in [0, 0.1) is 5.41 Å². The first-order chi connectivity index (χ1) is 23.5. The minimum atomic E-state index is -0.946. The van der Waals surface area contributed by atoms with Gasteiger partial charge in [-0.2, -0.15) is 0 Å². The Morgan fingerprint density at radius 2 is 1.52 bits per heavy atom. The molecule has 0 spiro atoms. The summed E-state index contributed by atoms with van der Waals surface area (Å²) in [6.07, 6.45) is 1.90. The third-order valence-electron chi connectivity index (χ3n) is 8.91. The fraction of sp³-hybridized carbons (Fsp3) is 0.525. The number of aliphatic hydroxyl groups excluding tert-OH is 1. The van der Waals surface area contributed by atoms with Gasteiger partial charge in [-0.3, -0.25) is 15.2 Å². The van der Waals surface area contributed by atoms with Gasteiger partial charge >= 0.3 is 6.09 Å². The highest BCUT2D eigenvalue weighted by Gasteiger charge is 2.37. The van der Waals surface area contributed by atoms with Crippen molar-refractivity contribution >= 4 is 12.0 Å². The maximum Gasteiger partial charge on any atom is 0.408 e. The molecule has 0 saturated carbocycles. The third kappa shape index (κ3) is 13.5. The lowest BCUT2D eigenvalue weighted by Crippen LogP contribution is -2.59. The molecule has 1 heterocycles. The Bertz CT molecular complexity index is 1460. The van der Waals surface area contributed by atoms with Crippen LogP contribution in [0.25, 0.3) is 11.3 Å². The zero-order valence-corrected chi connectivity index (χ0v) is 31.5. The van der Waals surface area contributed by atoms with Crippen LogP contribution in [0.1, 0.15) is 79.4 Å². The molecule has 0 bridgehead atoms. The van der Waals surface area contributed by atoms with Gasteiger partial charge in [0.05, 0.1) is 30.0 Å². The molecular formula is C40H59N5O5. The van der Waals surface area contributed by atoms with Crippen LogP contribution in [0.4, 0.5) is 4.79 Å². The van der Waals surface area contributed by atoms with E-state index in [2.05, 4.69) is 28.0 Å². The number of aliphatic hydroxyl groups is 1. The van der Waals surface area contributed by atoms with Crippen LogP contribution in [0.5, 0.6) is 0 Å². The second kappa shape index (κ2) is 18.4. The minimum Gasteiger partial charge on any atom is -0.443 e. The highest BCUT2D eigenvalue weighted by molar-refractivity contribution is 5.86. The summed E-state index contributed by atoms with van der Waals surface area (Å²) in [4.78, 5) is 31.6. The number of alkyl carbamates (subject to hydrolysis) is 1. The van der Waals surface area contributed by atoms with Gasteiger partial charge in [0.25, 0.3) is 0 Å². The number of nitrogens with zero attached hydrogens (tertiary/aromatic N) is 2. The van der Waals surface area contributed by atoms with E-state index in [9.17, 15) is 14.7 Å². The molecule has 0 radical (unpaired) electrons. The number of hydrogen-bond donors (Lipinski definition) is 4. The van der Waals surface area contributed by atoms with Crippen LogP contribution >= 0.6 is 0 Å². The van der Waals surface area contributed by atoms with E-state index < -0.39 is 41.2 Å². The van der Waals surface area contributed by atoms with Gasteiger partial charge in [0.15, 0.2) is 0 Å². The molecule has 0 aliphatic carbocycles. The number of benzene rings is 2. The quantitative estimate of drug-likeness (QED) is 0.115. The number of amides is 2. The van der Waals surface area contributed by atoms with Crippen LogP contribution in [0.2, 0.25) is 0 Å². The second-order valence-corrected chi connectivity index (χ2v) is 15.2. The molecule has 274 valence electrons. The average molecular weight is 690 g/mol. The molecule has 0 fully saturated rings. The number of nitrogens with one attached hydrogen (secondary N) is 3. The molecule has 0 aliphatic heterocycles. The van der Waals surface area contributed by atoms with Crippen molar-refractivity contribution in [3.8, 4) is 11.3 Å². The van der Waals surface area contributed by atoms with Crippen LogP contribution in [-0.4, -0.2) is 76.7 Å². The van der Waals surface area contributed by atoms with Crippen LogP contribution in [0.15, 0.2) is 79.0 Å². The van der Waals surface area contributed by atoms with Crippen LogP contribution in [0.3, 0.4) is 0 Å². The fourth-order valence-electron chi connectivity index (χ4n) is 5.34. The molecule has 1 aromatic heterocycles. The lowest BCUT2D eigenvalue weighted by molar-refractivity contribution is -0.127. The summed E-state index contributed by atoms with van der Waals surface area (Å²) < 4.78 is 11.8. The van der Waals surface area contributed by atoms with Crippen molar-refractivity contribution in [1.82, 2.24) is 26.1 Å². The van der Waals surface area contributed by atoms with Gasteiger partial charge < -0.3 is 25.2 Å².